The minimum atomic E-state index is -0.307. The molecule has 25 heavy (non-hydrogen) atoms. The van der Waals surface area contributed by atoms with Crippen LogP contribution in [0.25, 0.3) is 27.5 Å². The lowest BCUT2D eigenvalue weighted by atomic mass is 10.1. The fourth-order valence-corrected chi connectivity index (χ4v) is 3.28. The number of nitrogen functional groups attached to an aromatic ring is 1. The second kappa shape index (κ2) is 6.10. The summed E-state index contributed by atoms with van der Waals surface area (Å²) in [4.78, 5) is 4.52. The molecular weight excluding hydrogens is 342 g/mol. The highest BCUT2D eigenvalue weighted by molar-refractivity contribution is 7.12. The molecule has 7 heteroatoms. The summed E-state index contributed by atoms with van der Waals surface area (Å²) in [5, 5.41) is 6.76. The van der Waals surface area contributed by atoms with Crippen molar-refractivity contribution < 1.29 is 8.78 Å². The summed E-state index contributed by atoms with van der Waals surface area (Å²) in [6, 6.07) is 12.2. The summed E-state index contributed by atoms with van der Waals surface area (Å²) in [6.45, 7) is 0. The lowest BCUT2D eigenvalue weighted by molar-refractivity contribution is 0.627. The molecule has 0 bridgehead atoms. The number of anilines is 1. The molecule has 4 rings (SSSR count). The molecule has 2 N–H and O–H groups in total. The van der Waals surface area contributed by atoms with Gasteiger partial charge in [-0.25, -0.2) is 13.8 Å². The number of thiazole rings is 1. The van der Waals surface area contributed by atoms with Gasteiger partial charge in [-0.15, -0.1) is 11.3 Å². The van der Waals surface area contributed by atoms with Crippen molar-refractivity contribution in [2.24, 2.45) is 0 Å². The normalized spacial score (nSPS) is 11.0. The van der Waals surface area contributed by atoms with E-state index in [1.165, 1.54) is 40.3 Å². The maximum atomic E-state index is 13.1. The van der Waals surface area contributed by atoms with E-state index in [1.54, 1.807) is 30.5 Å². The third-order valence-corrected chi connectivity index (χ3v) is 4.59. The number of nitrogens with zero attached hydrogens (tertiary/aromatic N) is 3. The Morgan fingerprint density at radius 1 is 0.880 bits per heavy atom. The second-order valence-corrected chi connectivity index (χ2v) is 6.22. The fraction of sp³-hybridized carbons (Fsp3) is 0. The van der Waals surface area contributed by atoms with Crippen molar-refractivity contribution in [3.63, 3.8) is 0 Å². The van der Waals surface area contributed by atoms with E-state index in [4.69, 9.17) is 5.73 Å². The van der Waals surface area contributed by atoms with Gasteiger partial charge in [0, 0.05) is 16.5 Å². The fourth-order valence-electron chi connectivity index (χ4n) is 2.48. The second-order valence-electron chi connectivity index (χ2n) is 5.38. The van der Waals surface area contributed by atoms with Crippen molar-refractivity contribution in [3.05, 3.63) is 71.7 Å². The third kappa shape index (κ3) is 2.89. The van der Waals surface area contributed by atoms with Gasteiger partial charge in [0.2, 0.25) is 5.13 Å². The Kier molecular flexibility index (Phi) is 3.77. The number of benzene rings is 2. The van der Waals surface area contributed by atoms with Crippen LogP contribution in [0, 0.1) is 11.6 Å². The first-order valence-corrected chi connectivity index (χ1v) is 8.31. The van der Waals surface area contributed by atoms with Gasteiger partial charge < -0.3 is 5.73 Å². The lowest BCUT2D eigenvalue weighted by Crippen LogP contribution is -2.01. The molecule has 0 aliphatic carbocycles. The number of aromatic nitrogens is 3. The molecule has 2 aromatic heterocycles. The van der Waals surface area contributed by atoms with Crippen LogP contribution in [0.4, 0.5) is 14.6 Å². The summed E-state index contributed by atoms with van der Waals surface area (Å²) in [5.41, 5.74) is 9.22. The van der Waals surface area contributed by atoms with Crippen molar-refractivity contribution in [3.8, 4) is 27.5 Å². The quantitative estimate of drug-likeness (QED) is 0.588. The lowest BCUT2D eigenvalue weighted by Gasteiger charge is -2.02. The molecule has 0 radical (unpaired) electrons. The molecule has 2 aromatic carbocycles. The van der Waals surface area contributed by atoms with E-state index >= 15 is 0 Å². The van der Waals surface area contributed by atoms with E-state index in [0.717, 1.165) is 16.8 Å². The molecular formula is C18H12F2N4S. The van der Waals surface area contributed by atoms with Crippen LogP contribution in [0.15, 0.2) is 60.1 Å². The van der Waals surface area contributed by atoms with Crippen molar-refractivity contribution in [2.75, 3.05) is 5.73 Å². The maximum Gasteiger partial charge on any atom is 0.212 e. The number of halogens is 2. The molecule has 0 amide bonds. The standard InChI is InChI=1S/C18H12F2N4S/c19-13-5-1-11(2-6-13)15-9-22-24(17(15)21)18-23-16(10-25-18)12-3-7-14(20)8-4-12/h1-10H,21H2. The van der Waals surface area contributed by atoms with Gasteiger partial charge in [0.1, 0.15) is 17.5 Å². The predicted molar refractivity (Wildman–Crippen MR) is 94.4 cm³/mol. The Bertz CT molecular complexity index is 1020. The van der Waals surface area contributed by atoms with Gasteiger partial charge in [0.25, 0.3) is 0 Å². The molecule has 0 fully saturated rings. The summed E-state index contributed by atoms with van der Waals surface area (Å²) < 4.78 is 27.7. The van der Waals surface area contributed by atoms with Crippen molar-refractivity contribution in [1.29, 1.82) is 0 Å². The minimum Gasteiger partial charge on any atom is -0.383 e. The van der Waals surface area contributed by atoms with Crippen LogP contribution in [0.1, 0.15) is 0 Å². The van der Waals surface area contributed by atoms with Crippen LogP contribution in [0.5, 0.6) is 0 Å². The van der Waals surface area contributed by atoms with Crippen molar-refractivity contribution >= 4 is 17.2 Å². The number of rotatable bonds is 3. The van der Waals surface area contributed by atoms with Crippen LogP contribution < -0.4 is 5.73 Å². The summed E-state index contributed by atoms with van der Waals surface area (Å²) in [6.07, 6.45) is 1.63. The average Bonchev–Trinajstić information content (AvgIpc) is 3.23. The molecule has 0 aliphatic rings. The number of hydrogen-bond acceptors (Lipinski definition) is 4. The monoisotopic (exact) mass is 354 g/mol. The summed E-state index contributed by atoms with van der Waals surface area (Å²) in [7, 11) is 0. The topological polar surface area (TPSA) is 56.7 Å². The Morgan fingerprint density at radius 3 is 2.12 bits per heavy atom. The largest absolute Gasteiger partial charge is 0.383 e. The van der Waals surface area contributed by atoms with Gasteiger partial charge in [0.05, 0.1) is 11.9 Å². The zero-order valence-electron chi connectivity index (χ0n) is 12.9. The predicted octanol–water partition coefficient (Wildman–Crippen LogP) is 4.52. The zero-order valence-corrected chi connectivity index (χ0v) is 13.7. The van der Waals surface area contributed by atoms with Gasteiger partial charge >= 0.3 is 0 Å². The van der Waals surface area contributed by atoms with Crippen molar-refractivity contribution in [2.45, 2.75) is 0 Å². The van der Waals surface area contributed by atoms with Crippen LogP contribution >= 0.6 is 11.3 Å². The maximum absolute atomic E-state index is 13.1. The zero-order chi connectivity index (χ0) is 17.4. The van der Waals surface area contributed by atoms with E-state index in [2.05, 4.69) is 10.1 Å². The molecule has 0 spiro atoms. The Hall–Kier alpha value is -3.06. The molecule has 0 unspecified atom stereocenters. The Balaban J connectivity index is 1.69. The van der Waals surface area contributed by atoms with Crippen LogP contribution in [0.3, 0.4) is 0 Å². The smallest absolute Gasteiger partial charge is 0.212 e. The van der Waals surface area contributed by atoms with E-state index in [-0.39, 0.29) is 11.6 Å². The van der Waals surface area contributed by atoms with Crippen LogP contribution in [-0.4, -0.2) is 14.8 Å². The Morgan fingerprint density at radius 2 is 1.48 bits per heavy atom. The first kappa shape index (κ1) is 15.5. The highest BCUT2D eigenvalue weighted by Gasteiger charge is 2.14. The van der Waals surface area contributed by atoms with E-state index in [0.29, 0.717) is 16.5 Å². The van der Waals surface area contributed by atoms with E-state index < -0.39 is 0 Å². The first-order valence-electron chi connectivity index (χ1n) is 7.43. The van der Waals surface area contributed by atoms with Gasteiger partial charge in [-0.05, 0) is 42.0 Å². The van der Waals surface area contributed by atoms with Gasteiger partial charge in [-0.1, -0.05) is 12.1 Å². The highest BCUT2D eigenvalue weighted by atomic mass is 32.1. The SMILES string of the molecule is Nc1c(-c2ccc(F)cc2)cnn1-c1nc(-c2ccc(F)cc2)cs1. The highest BCUT2D eigenvalue weighted by Crippen LogP contribution is 2.30. The molecule has 4 aromatic rings. The summed E-state index contributed by atoms with van der Waals surface area (Å²) >= 11 is 1.38. The number of nitrogens with two attached hydrogens (primary N) is 1. The molecule has 0 saturated carbocycles. The van der Waals surface area contributed by atoms with E-state index in [9.17, 15) is 8.78 Å². The number of hydrogen-bond donors (Lipinski definition) is 1. The molecule has 0 saturated heterocycles. The third-order valence-electron chi connectivity index (χ3n) is 3.77. The van der Waals surface area contributed by atoms with E-state index in [1.807, 2.05) is 5.38 Å². The first-order chi connectivity index (χ1) is 12.1. The summed E-state index contributed by atoms with van der Waals surface area (Å²) in [5.74, 6) is -0.176. The average molecular weight is 354 g/mol. The molecule has 0 atom stereocenters. The molecule has 0 aliphatic heterocycles. The molecule has 124 valence electrons. The molecule has 4 nitrogen and oxygen atoms in total. The Labute approximate surface area is 146 Å². The van der Waals surface area contributed by atoms with Crippen LogP contribution in [-0.2, 0) is 0 Å². The van der Waals surface area contributed by atoms with Gasteiger partial charge in [-0.2, -0.15) is 9.78 Å². The minimum absolute atomic E-state index is 0.292. The van der Waals surface area contributed by atoms with Gasteiger partial charge in [-0.3, -0.25) is 0 Å². The van der Waals surface area contributed by atoms with Gasteiger partial charge in [0.15, 0.2) is 0 Å². The molecule has 2 heterocycles. The van der Waals surface area contributed by atoms with Crippen molar-refractivity contribution in [1.82, 2.24) is 14.8 Å². The van der Waals surface area contributed by atoms with Crippen LogP contribution in [0.2, 0.25) is 0 Å².